The minimum absolute atomic E-state index is 0.669. The predicted octanol–water partition coefficient (Wildman–Crippen LogP) is 2.03. The van der Waals surface area contributed by atoms with Crippen molar-refractivity contribution in [2.75, 3.05) is 7.05 Å². The maximum absolute atomic E-state index is 3.42. The van der Waals surface area contributed by atoms with Gasteiger partial charge in [0.15, 0.2) is 0 Å². The number of rotatable bonds is 3. The SMILES string of the molecule is CC#CCC(NC)C1C2CCCC21. The first-order valence-corrected chi connectivity index (χ1v) is 5.45. The third-order valence-corrected chi connectivity index (χ3v) is 3.81. The highest BCUT2D eigenvalue weighted by molar-refractivity contribution is 5.09. The van der Waals surface area contributed by atoms with Gasteiger partial charge in [0.1, 0.15) is 0 Å². The zero-order valence-electron chi connectivity index (χ0n) is 8.64. The molecule has 3 unspecified atom stereocenters. The van der Waals surface area contributed by atoms with Crippen LogP contribution in [-0.4, -0.2) is 13.1 Å². The molecule has 2 saturated carbocycles. The molecule has 0 heterocycles. The van der Waals surface area contributed by atoms with E-state index in [0.29, 0.717) is 6.04 Å². The van der Waals surface area contributed by atoms with Gasteiger partial charge in [-0.25, -0.2) is 0 Å². The van der Waals surface area contributed by atoms with Gasteiger partial charge in [0.05, 0.1) is 0 Å². The van der Waals surface area contributed by atoms with Crippen LogP contribution in [0.15, 0.2) is 0 Å². The Labute approximate surface area is 81.3 Å². The number of hydrogen-bond acceptors (Lipinski definition) is 1. The van der Waals surface area contributed by atoms with E-state index < -0.39 is 0 Å². The molecule has 2 aliphatic rings. The van der Waals surface area contributed by atoms with E-state index in [1.807, 2.05) is 6.92 Å². The van der Waals surface area contributed by atoms with Crippen LogP contribution in [0.2, 0.25) is 0 Å². The van der Waals surface area contributed by atoms with Crippen LogP contribution in [0.1, 0.15) is 32.6 Å². The summed E-state index contributed by atoms with van der Waals surface area (Å²) in [6, 6.07) is 0.669. The van der Waals surface area contributed by atoms with Gasteiger partial charge in [-0.2, -0.15) is 0 Å². The van der Waals surface area contributed by atoms with Gasteiger partial charge in [0, 0.05) is 12.5 Å². The van der Waals surface area contributed by atoms with E-state index in [9.17, 15) is 0 Å². The molecule has 72 valence electrons. The minimum atomic E-state index is 0.669. The summed E-state index contributed by atoms with van der Waals surface area (Å²) in [5.41, 5.74) is 0. The second-order valence-corrected chi connectivity index (χ2v) is 4.36. The van der Waals surface area contributed by atoms with E-state index in [2.05, 4.69) is 24.2 Å². The Kier molecular flexibility index (Phi) is 2.60. The van der Waals surface area contributed by atoms with Gasteiger partial charge in [-0.05, 0) is 44.6 Å². The van der Waals surface area contributed by atoms with Crippen LogP contribution >= 0.6 is 0 Å². The molecule has 0 aromatic heterocycles. The summed E-state index contributed by atoms with van der Waals surface area (Å²) in [6.07, 6.45) is 5.48. The Morgan fingerprint density at radius 2 is 2.08 bits per heavy atom. The van der Waals surface area contributed by atoms with Crippen molar-refractivity contribution in [3.05, 3.63) is 0 Å². The van der Waals surface area contributed by atoms with Gasteiger partial charge in [0.2, 0.25) is 0 Å². The molecule has 0 saturated heterocycles. The fourth-order valence-electron chi connectivity index (χ4n) is 3.12. The molecule has 2 aliphatic carbocycles. The van der Waals surface area contributed by atoms with Crippen molar-refractivity contribution in [3.63, 3.8) is 0 Å². The lowest BCUT2D eigenvalue weighted by Gasteiger charge is -2.14. The lowest BCUT2D eigenvalue weighted by molar-refractivity contribution is 0.437. The number of nitrogens with one attached hydrogen (secondary N) is 1. The lowest BCUT2D eigenvalue weighted by atomic mass is 10.0. The quantitative estimate of drug-likeness (QED) is 0.650. The van der Waals surface area contributed by atoms with Crippen LogP contribution in [0.25, 0.3) is 0 Å². The number of hydrogen-bond donors (Lipinski definition) is 1. The van der Waals surface area contributed by atoms with Crippen molar-refractivity contribution >= 4 is 0 Å². The molecule has 0 aliphatic heterocycles. The highest BCUT2D eigenvalue weighted by Gasteiger charge is 2.55. The Balaban J connectivity index is 1.87. The summed E-state index contributed by atoms with van der Waals surface area (Å²) in [4.78, 5) is 0. The second-order valence-electron chi connectivity index (χ2n) is 4.36. The summed E-state index contributed by atoms with van der Waals surface area (Å²) in [7, 11) is 2.08. The van der Waals surface area contributed by atoms with Crippen LogP contribution < -0.4 is 5.32 Å². The van der Waals surface area contributed by atoms with Crippen molar-refractivity contribution in [1.82, 2.24) is 5.32 Å². The van der Waals surface area contributed by atoms with Crippen molar-refractivity contribution in [3.8, 4) is 11.8 Å². The number of fused-ring (bicyclic) bond motifs is 1. The largest absolute Gasteiger partial charge is 0.316 e. The third kappa shape index (κ3) is 1.60. The third-order valence-electron chi connectivity index (χ3n) is 3.81. The molecule has 0 amide bonds. The van der Waals surface area contributed by atoms with E-state index in [-0.39, 0.29) is 0 Å². The molecule has 0 aromatic rings. The monoisotopic (exact) mass is 177 g/mol. The van der Waals surface area contributed by atoms with Crippen molar-refractivity contribution in [2.45, 2.75) is 38.6 Å². The van der Waals surface area contributed by atoms with Crippen molar-refractivity contribution in [1.29, 1.82) is 0 Å². The van der Waals surface area contributed by atoms with E-state index in [1.165, 1.54) is 19.3 Å². The van der Waals surface area contributed by atoms with Gasteiger partial charge in [0.25, 0.3) is 0 Å². The molecule has 0 radical (unpaired) electrons. The minimum Gasteiger partial charge on any atom is -0.316 e. The molecule has 0 bridgehead atoms. The summed E-state index contributed by atoms with van der Waals surface area (Å²) in [5.74, 6) is 9.25. The Hall–Kier alpha value is -0.480. The normalized spacial score (nSPS) is 37.5. The summed E-state index contributed by atoms with van der Waals surface area (Å²) in [6.45, 7) is 1.93. The predicted molar refractivity (Wildman–Crippen MR) is 55.2 cm³/mol. The molecule has 1 N–H and O–H groups in total. The van der Waals surface area contributed by atoms with Crippen LogP contribution in [0.3, 0.4) is 0 Å². The van der Waals surface area contributed by atoms with Gasteiger partial charge in [-0.15, -0.1) is 11.8 Å². The molecular weight excluding hydrogens is 158 g/mol. The Morgan fingerprint density at radius 1 is 1.38 bits per heavy atom. The Bertz CT molecular complexity index is 225. The topological polar surface area (TPSA) is 12.0 Å². The molecule has 3 atom stereocenters. The zero-order chi connectivity index (χ0) is 9.26. The maximum atomic E-state index is 3.42. The van der Waals surface area contributed by atoms with Gasteiger partial charge >= 0.3 is 0 Å². The van der Waals surface area contributed by atoms with E-state index in [0.717, 1.165) is 24.2 Å². The lowest BCUT2D eigenvalue weighted by Crippen LogP contribution is -2.28. The standard InChI is InChI=1S/C12H19N/c1-3-4-8-11(13-2)12-9-6-5-7-10(9)12/h9-13H,5-8H2,1-2H3. The Morgan fingerprint density at radius 3 is 2.62 bits per heavy atom. The molecule has 13 heavy (non-hydrogen) atoms. The first-order chi connectivity index (χ1) is 6.38. The highest BCUT2D eigenvalue weighted by atomic mass is 14.9. The average molecular weight is 177 g/mol. The maximum Gasteiger partial charge on any atom is 0.0246 e. The second kappa shape index (κ2) is 3.72. The smallest absolute Gasteiger partial charge is 0.0246 e. The van der Waals surface area contributed by atoms with Crippen LogP contribution in [0.5, 0.6) is 0 Å². The van der Waals surface area contributed by atoms with Crippen LogP contribution in [0, 0.1) is 29.6 Å². The molecule has 2 rings (SSSR count). The van der Waals surface area contributed by atoms with E-state index in [4.69, 9.17) is 0 Å². The fourth-order valence-corrected chi connectivity index (χ4v) is 3.12. The molecule has 0 aromatic carbocycles. The first kappa shape index (κ1) is 9.09. The van der Waals surface area contributed by atoms with Gasteiger partial charge in [-0.1, -0.05) is 6.42 Å². The molecule has 1 nitrogen and oxygen atoms in total. The van der Waals surface area contributed by atoms with Gasteiger partial charge in [-0.3, -0.25) is 0 Å². The average Bonchev–Trinajstić information content (AvgIpc) is 2.62. The summed E-state index contributed by atoms with van der Waals surface area (Å²) in [5, 5.41) is 3.42. The van der Waals surface area contributed by atoms with Crippen LogP contribution in [0.4, 0.5) is 0 Å². The van der Waals surface area contributed by atoms with Crippen molar-refractivity contribution in [2.24, 2.45) is 17.8 Å². The highest BCUT2D eigenvalue weighted by Crippen LogP contribution is 2.59. The summed E-state index contributed by atoms with van der Waals surface area (Å²) >= 11 is 0. The van der Waals surface area contributed by atoms with Crippen molar-refractivity contribution < 1.29 is 0 Å². The molecular formula is C12H19N. The molecule has 2 fully saturated rings. The molecule has 0 spiro atoms. The first-order valence-electron chi connectivity index (χ1n) is 5.45. The fraction of sp³-hybridized carbons (Fsp3) is 0.833. The molecule has 1 heteroatoms. The van der Waals surface area contributed by atoms with Crippen LogP contribution in [-0.2, 0) is 0 Å². The van der Waals surface area contributed by atoms with Gasteiger partial charge < -0.3 is 5.32 Å². The zero-order valence-corrected chi connectivity index (χ0v) is 8.64. The van der Waals surface area contributed by atoms with E-state index in [1.54, 1.807) is 0 Å². The summed E-state index contributed by atoms with van der Waals surface area (Å²) < 4.78 is 0. The van der Waals surface area contributed by atoms with E-state index >= 15 is 0 Å².